The number of pyridine rings is 1. The molecule has 2 saturated carbocycles. The minimum atomic E-state index is 0.582. The largest absolute Gasteiger partial charge is 0.477 e. The molecule has 0 aromatic carbocycles. The summed E-state index contributed by atoms with van der Waals surface area (Å²) in [7, 11) is 0. The lowest BCUT2D eigenvalue weighted by Gasteiger charge is -2.29. The van der Waals surface area contributed by atoms with Crippen LogP contribution in [0.1, 0.15) is 73.5 Å². The van der Waals surface area contributed by atoms with E-state index < -0.39 is 0 Å². The molecule has 0 atom stereocenters. The van der Waals surface area contributed by atoms with Crippen molar-refractivity contribution in [1.82, 2.24) is 19.9 Å². The highest BCUT2D eigenvalue weighted by atomic mass is 16.5. The van der Waals surface area contributed by atoms with Crippen LogP contribution in [0.5, 0.6) is 5.88 Å². The van der Waals surface area contributed by atoms with Crippen LogP contribution in [0.4, 0.5) is 0 Å². The van der Waals surface area contributed by atoms with Gasteiger partial charge in [-0.25, -0.2) is 15.0 Å². The third kappa shape index (κ3) is 4.19. The fourth-order valence-corrected chi connectivity index (χ4v) is 4.48. The van der Waals surface area contributed by atoms with E-state index in [9.17, 15) is 0 Å². The first-order valence-corrected chi connectivity index (χ1v) is 11.0. The van der Waals surface area contributed by atoms with E-state index in [0.717, 1.165) is 50.3 Å². The predicted molar refractivity (Wildman–Crippen MR) is 108 cm³/mol. The molecule has 3 aliphatic rings. The molecule has 5 heteroatoms. The second-order valence-corrected chi connectivity index (χ2v) is 8.72. The summed E-state index contributed by atoms with van der Waals surface area (Å²) < 4.78 is 5.99. The zero-order valence-corrected chi connectivity index (χ0v) is 16.6. The van der Waals surface area contributed by atoms with Crippen molar-refractivity contribution in [2.75, 3.05) is 13.2 Å². The van der Waals surface area contributed by atoms with Crippen molar-refractivity contribution in [3.63, 3.8) is 0 Å². The Hall–Kier alpha value is -2.01. The monoisotopic (exact) mass is 378 g/mol. The first-order valence-electron chi connectivity index (χ1n) is 11.0. The first-order chi connectivity index (χ1) is 13.8. The van der Waals surface area contributed by atoms with Gasteiger partial charge in [0.15, 0.2) is 0 Å². The quantitative estimate of drug-likeness (QED) is 0.751. The summed E-state index contributed by atoms with van der Waals surface area (Å²) in [5, 5.41) is 0. The molecule has 5 nitrogen and oxygen atoms in total. The SMILES string of the molecule is c1cnc(OCC2CC2)c(CN2CCc3nc(C4CCCCC4)ncc3C2)c1. The van der Waals surface area contributed by atoms with Gasteiger partial charge in [-0.2, -0.15) is 0 Å². The molecule has 0 bridgehead atoms. The lowest BCUT2D eigenvalue weighted by Crippen LogP contribution is -2.31. The van der Waals surface area contributed by atoms with Crippen molar-refractivity contribution in [3.8, 4) is 5.88 Å². The highest BCUT2D eigenvalue weighted by molar-refractivity contribution is 5.27. The molecule has 2 aliphatic carbocycles. The Morgan fingerprint density at radius 2 is 1.96 bits per heavy atom. The number of hydrogen-bond donors (Lipinski definition) is 0. The number of aromatic nitrogens is 3. The van der Waals surface area contributed by atoms with Crippen molar-refractivity contribution in [3.05, 3.63) is 47.2 Å². The van der Waals surface area contributed by atoms with E-state index in [2.05, 4.69) is 22.1 Å². The van der Waals surface area contributed by atoms with Gasteiger partial charge in [0.1, 0.15) is 5.82 Å². The van der Waals surface area contributed by atoms with Gasteiger partial charge in [0.05, 0.1) is 6.61 Å². The molecule has 0 radical (unpaired) electrons. The Kier molecular flexibility index (Phi) is 5.26. The van der Waals surface area contributed by atoms with Crippen molar-refractivity contribution >= 4 is 0 Å². The first kappa shape index (κ1) is 18.0. The van der Waals surface area contributed by atoms with Gasteiger partial charge in [0.25, 0.3) is 0 Å². The second kappa shape index (κ2) is 8.16. The topological polar surface area (TPSA) is 51.1 Å². The molecule has 1 aliphatic heterocycles. The van der Waals surface area contributed by atoms with Crippen LogP contribution in [-0.4, -0.2) is 33.0 Å². The molecule has 2 aromatic rings. The van der Waals surface area contributed by atoms with E-state index in [4.69, 9.17) is 14.7 Å². The van der Waals surface area contributed by atoms with Gasteiger partial charge in [-0.1, -0.05) is 25.3 Å². The lowest BCUT2D eigenvalue weighted by molar-refractivity contribution is 0.230. The van der Waals surface area contributed by atoms with Crippen molar-refractivity contribution in [2.24, 2.45) is 5.92 Å². The van der Waals surface area contributed by atoms with Crippen LogP contribution in [0.15, 0.2) is 24.5 Å². The maximum absolute atomic E-state index is 5.99. The Morgan fingerprint density at radius 1 is 1.07 bits per heavy atom. The van der Waals surface area contributed by atoms with Crippen LogP contribution < -0.4 is 4.74 Å². The summed E-state index contributed by atoms with van der Waals surface area (Å²) in [5.74, 6) is 3.23. The third-order valence-electron chi connectivity index (χ3n) is 6.40. The predicted octanol–water partition coefficient (Wildman–Crippen LogP) is 4.27. The van der Waals surface area contributed by atoms with E-state index in [1.165, 1.54) is 61.8 Å². The molecule has 0 unspecified atom stereocenters. The molecular weight excluding hydrogens is 348 g/mol. The molecule has 0 spiro atoms. The van der Waals surface area contributed by atoms with Crippen LogP contribution in [0, 0.1) is 5.92 Å². The smallest absolute Gasteiger partial charge is 0.217 e. The van der Waals surface area contributed by atoms with Crippen molar-refractivity contribution < 1.29 is 4.74 Å². The number of hydrogen-bond acceptors (Lipinski definition) is 5. The number of nitrogens with zero attached hydrogens (tertiary/aromatic N) is 4. The van der Waals surface area contributed by atoms with E-state index in [-0.39, 0.29) is 0 Å². The fraction of sp³-hybridized carbons (Fsp3) is 0.609. The number of rotatable bonds is 6. The van der Waals surface area contributed by atoms with Crippen molar-refractivity contribution in [2.45, 2.75) is 70.4 Å². The summed E-state index contributed by atoms with van der Waals surface area (Å²) >= 11 is 0. The normalized spacial score (nSPS) is 20.7. The molecule has 3 heterocycles. The molecular formula is C23H30N4O. The van der Waals surface area contributed by atoms with Gasteiger partial charge in [0.2, 0.25) is 5.88 Å². The molecule has 5 rings (SSSR count). The Bertz CT molecular complexity index is 814. The van der Waals surface area contributed by atoms with Crippen LogP contribution >= 0.6 is 0 Å². The standard InChI is InChI=1S/C23H30N4O/c1-2-5-18(6-3-1)22-25-13-20-15-27(12-10-21(20)26-22)14-19-7-4-11-24-23(19)28-16-17-8-9-17/h4,7,11,13,17-18H,1-3,5-6,8-10,12,14-16H2. The van der Waals surface area contributed by atoms with E-state index in [1.54, 1.807) is 0 Å². The Balaban J connectivity index is 1.25. The minimum Gasteiger partial charge on any atom is -0.477 e. The van der Waals surface area contributed by atoms with E-state index in [0.29, 0.717) is 5.92 Å². The van der Waals surface area contributed by atoms with E-state index >= 15 is 0 Å². The Morgan fingerprint density at radius 3 is 2.82 bits per heavy atom. The van der Waals surface area contributed by atoms with Gasteiger partial charge in [0, 0.05) is 61.2 Å². The highest BCUT2D eigenvalue weighted by Gasteiger charge is 2.25. The summed E-state index contributed by atoms with van der Waals surface area (Å²) in [4.78, 5) is 16.7. The van der Waals surface area contributed by atoms with Crippen LogP contribution in [-0.2, 0) is 19.5 Å². The van der Waals surface area contributed by atoms with Gasteiger partial charge < -0.3 is 4.74 Å². The zero-order valence-electron chi connectivity index (χ0n) is 16.6. The highest BCUT2D eigenvalue weighted by Crippen LogP contribution is 2.32. The lowest BCUT2D eigenvalue weighted by atomic mass is 9.88. The van der Waals surface area contributed by atoms with Gasteiger partial charge in [-0.3, -0.25) is 4.90 Å². The van der Waals surface area contributed by atoms with Crippen LogP contribution in [0.2, 0.25) is 0 Å². The van der Waals surface area contributed by atoms with Crippen molar-refractivity contribution in [1.29, 1.82) is 0 Å². The molecule has 0 saturated heterocycles. The number of ether oxygens (including phenoxy) is 1. The minimum absolute atomic E-state index is 0.582. The molecule has 2 aromatic heterocycles. The third-order valence-corrected chi connectivity index (χ3v) is 6.40. The van der Waals surface area contributed by atoms with Crippen LogP contribution in [0.3, 0.4) is 0 Å². The Labute approximate surface area is 167 Å². The summed E-state index contributed by atoms with van der Waals surface area (Å²) in [6, 6.07) is 4.16. The summed E-state index contributed by atoms with van der Waals surface area (Å²) in [6.07, 6.45) is 14.1. The summed E-state index contributed by atoms with van der Waals surface area (Å²) in [5.41, 5.74) is 3.74. The zero-order chi connectivity index (χ0) is 18.8. The van der Waals surface area contributed by atoms with Gasteiger partial charge >= 0.3 is 0 Å². The van der Waals surface area contributed by atoms with Gasteiger partial charge in [-0.15, -0.1) is 0 Å². The maximum Gasteiger partial charge on any atom is 0.217 e. The number of fused-ring (bicyclic) bond motifs is 1. The average Bonchev–Trinajstić information content (AvgIpc) is 3.58. The summed E-state index contributed by atoms with van der Waals surface area (Å²) in [6.45, 7) is 3.63. The molecule has 0 amide bonds. The van der Waals surface area contributed by atoms with Gasteiger partial charge in [-0.05, 0) is 37.7 Å². The molecule has 148 valence electrons. The molecule has 0 N–H and O–H groups in total. The average molecular weight is 379 g/mol. The fourth-order valence-electron chi connectivity index (χ4n) is 4.48. The second-order valence-electron chi connectivity index (χ2n) is 8.72. The molecule has 2 fully saturated rings. The molecule has 28 heavy (non-hydrogen) atoms. The maximum atomic E-state index is 5.99. The van der Waals surface area contributed by atoms with Crippen LogP contribution in [0.25, 0.3) is 0 Å². The van der Waals surface area contributed by atoms with E-state index in [1.807, 2.05) is 12.3 Å².